The Labute approximate surface area is 217 Å². The van der Waals surface area contributed by atoms with Gasteiger partial charge in [0, 0.05) is 10.7 Å². The molecule has 0 aliphatic rings. The van der Waals surface area contributed by atoms with Crippen LogP contribution in [-0.2, 0) is 23.2 Å². The highest BCUT2D eigenvalue weighted by Crippen LogP contribution is 2.25. The molecule has 0 fully saturated rings. The van der Waals surface area contributed by atoms with Gasteiger partial charge in [-0.3, -0.25) is 14.1 Å². The molecule has 0 aliphatic heterocycles. The van der Waals surface area contributed by atoms with Crippen LogP contribution in [0.1, 0.15) is 11.1 Å². The first-order valence-electron chi connectivity index (χ1n) is 11.0. The Morgan fingerprint density at radius 2 is 1.58 bits per heavy atom. The maximum atomic E-state index is 13.0. The highest BCUT2D eigenvalue weighted by Gasteiger charge is 2.17. The molecule has 5 aromatic rings. The number of thiazole rings is 1. The van der Waals surface area contributed by atoms with Gasteiger partial charge in [0.15, 0.2) is 0 Å². The quantitative estimate of drug-likeness (QED) is 0.258. The van der Waals surface area contributed by atoms with Gasteiger partial charge in [-0.2, -0.15) is 0 Å². The molecule has 9 heteroatoms. The van der Waals surface area contributed by atoms with E-state index in [0.29, 0.717) is 39.8 Å². The molecule has 36 heavy (non-hydrogen) atoms. The monoisotopic (exact) mass is 536 g/mol. The van der Waals surface area contributed by atoms with E-state index in [0.717, 1.165) is 22.5 Å². The molecule has 0 aliphatic carbocycles. The minimum absolute atomic E-state index is 0.0827. The Hall–Kier alpha value is -3.59. The number of halogens is 1. The summed E-state index contributed by atoms with van der Waals surface area (Å²) in [4.78, 5) is 12.5. The first-order chi connectivity index (χ1) is 17.4. The lowest BCUT2D eigenvalue weighted by Gasteiger charge is -2.10. The van der Waals surface area contributed by atoms with Crippen molar-refractivity contribution in [3.05, 3.63) is 123 Å². The van der Waals surface area contributed by atoms with Gasteiger partial charge in [0.05, 0.1) is 21.7 Å². The first-order valence-corrected chi connectivity index (χ1v) is 13.7. The predicted molar refractivity (Wildman–Crippen MR) is 145 cm³/mol. The normalized spacial score (nSPS) is 11.5. The molecule has 1 heterocycles. The zero-order chi connectivity index (χ0) is 25.1. The van der Waals surface area contributed by atoms with Crippen molar-refractivity contribution in [2.24, 2.45) is 0 Å². The van der Waals surface area contributed by atoms with Crippen molar-refractivity contribution < 1.29 is 13.2 Å². The molecule has 0 bridgehead atoms. The summed E-state index contributed by atoms with van der Waals surface area (Å²) in [5.41, 5.74) is 3.06. The Morgan fingerprint density at radius 1 is 0.861 bits per heavy atom. The number of hydrogen-bond donors (Lipinski definition) is 1. The van der Waals surface area contributed by atoms with Gasteiger partial charge in [-0.15, -0.1) is 0 Å². The summed E-state index contributed by atoms with van der Waals surface area (Å²) in [7, 11) is -3.85. The molecule has 0 amide bonds. The van der Waals surface area contributed by atoms with Crippen LogP contribution in [0.4, 0.5) is 5.69 Å². The largest absolute Gasteiger partial charge is 0.489 e. The molecule has 0 unspecified atom stereocenters. The van der Waals surface area contributed by atoms with E-state index in [1.807, 2.05) is 42.5 Å². The molecule has 0 saturated carbocycles. The summed E-state index contributed by atoms with van der Waals surface area (Å²) in [6.07, 6.45) is 0. The Bertz CT molecular complexity index is 1660. The molecule has 5 rings (SSSR count). The average molecular weight is 537 g/mol. The Morgan fingerprint density at radius 3 is 2.31 bits per heavy atom. The standard InChI is InChI=1S/C27H21ClN2O4S2/c28-21-8-6-19(7-9-21)17-30-25-15-14-24(16-26(25)35-27(30)31)36(32,33)29-22-10-12-23(13-11-22)34-18-20-4-2-1-3-5-20/h1-16,29H,17-18H2. The zero-order valence-electron chi connectivity index (χ0n) is 18.9. The smallest absolute Gasteiger partial charge is 0.308 e. The van der Waals surface area contributed by atoms with Crippen LogP contribution in [0.15, 0.2) is 107 Å². The number of nitrogens with one attached hydrogen (secondary N) is 1. The van der Waals surface area contributed by atoms with Gasteiger partial charge in [-0.05, 0) is 65.7 Å². The average Bonchev–Trinajstić information content (AvgIpc) is 3.19. The third-order valence-corrected chi connectivity index (χ3v) is 8.13. The molecule has 0 spiro atoms. The number of ether oxygens (including phenoxy) is 1. The predicted octanol–water partition coefficient (Wildman–Crippen LogP) is 6.14. The third-order valence-electron chi connectivity index (χ3n) is 5.56. The van der Waals surface area contributed by atoms with Crippen molar-refractivity contribution in [1.82, 2.24) is 4.57 Å². The molecule has 182 valence electrons. The molecule has 0 radical (unpaired) electrons. The summed E-state index contributed by atoms with van der Waals surface area (Å²) in [5, 5.41) is 0.623. The van der Waals surface area contributed by atoms with Gasteiger partial charge in [0.25, 0.3) is 10.0 Å². The number of nitrogens with zero attached hydrogens (tertiary/aromatic N) is 1. The maximum absolute atomic E-state index is 13.0. The summed E-state index contributed by atoms with van der Waals surface area (Å²) in [6.45, 7) is 0.797. The Balaban J connectivity index is 1.31. The summed E-state index contributed by atoms with van der Waals surface area (Å²) in [5.74, 6) is 0.634. The summed E-state index contributed by atoms with van der Waals surface area (Å²) < 4.78 is 36.6. The second-order valence-electron chi connectivity index (χ2n) is 8.11. The minimum atomic E-state index is -3.85. The van der Waals surface area contributed by atoms with Crippen LogP contribution in [0.3, 0.4) is 0 Å². The van der Waals surface area contributed by atoms with Crippen molar-refractivity contribution in [2.75, 3.05) is 4.72 Å². The van der Waals surface area contributed by atoms with Gasteiger partial charge in [0.1, 0.15) is 12.4 Å². The van der Waals surface area contributed by atoms with Crippen LogP contribution < -0.4 is 14.3 Å². The molecule has 6 nitrogen and oxygen atoms in total. The van der Waals surface area contributed by atoms with E-state index in [2.05, 4.69) is 4.72 Å². The SMILES string of the molecule is O=c1sc2cc(S(=O)(=O)Nc3ccc(OCc4ccccc4)cc3)ccc2n1Cc1ccc(Cl)cc1. The van der Waals surface area contributed by atoms with Gasteiger partial charge < -0.3 is 4.74 Å². The Kier molecular flexibility index (Phi) is 6.82. The number of hydrogen-bond acceptors (Lipinski definition) is 5. The van der Waals surface area contributed by atoms with Gasteiger partial charge in [0.2, 0.25) is 0 Å². The van der Waals surface area contributed by atoms with E-state index in [4.69, 9.17) is 16.3 Å². The molecule has 1 N–H and O–H groups in total. The van der Waals surface area contributed by atoms with Crippen LogP contribution >= 0.6 is 22.9 Å². The van der Waals surface area contributed by atoms with Crippen molar-refractivity contribution in [1.29, 1.82) is 0 Å². The fourth-order valence-electron chi connectivity index (χ4n) is 3.71. The topological polar surface area (TPSA) is 77.4 Å². The highest BCUT2D eigenvalue weighted by molar-refractivity contribution is 7.92. The third kappa shape index (κ3) is 5.46. The number of fused-ring (bicyclic) bond motifs is 1. The van der Waals surface area contributed by atoms with Gasteiger partial charge >= 0.3 is 4.87 Å². The van der Waals surface area contributed by atoms with Crippen molar-refractivity contribution in [3.63, 3.8) is 0 Å². The number of anilines is 1. The van der Waals surface area contributed by atoms with E-state index in [-0.39, 0.29) is 9.77 Å². The first kappa shape index (κ1) is 24.1. The molecule has 0 saturated heterocycles. The molecule has 1 aromatic heterocycles. The van der Waals surface area contributed by atoms with Gasteiger partial charge in [-0.25, -0.2) is 8.42 Å². The number of rotatable bonds is 8. The lowest BCUT2D eigenvalue weighted by atomic mass is 10.2. The van der Waals surface area contributed by atoms with Gasteiger partial charge in [-0.1, -0.05) is 65.4 Å². The zero-order valence-corrected chi connectivity index (χ0v) is 21.3. The lowest BCUT2D eigenvalue weighted by Crippen LogP contribution is -2.14. The molecule has 4 aromatic carbocycles. The van der Waals surface area contributed by atoms with E-state index in [9.17, 15) is 13.2 Å². The highest BCUT2D eigenvalue weighted by atomic mass is 35.5. The number of benzene rings is 4. The van der Waals surface area contributed by atoms with E-state index in [1.54, 1.807) is 47.0 Å². The van der Waals surface area contributed by atoms with Crippen LogP contribution in [0.2, 0.25) is 5.02 Å². The fourth-order valence-corrected chi connectivity index (χ4v) is 5.93. The fraction of sp³-hybridized carbons (Fsp3) is 0.0741. The summed E-state index contributed by atoms with van der Waals surface area (Å²) >= 11 is 6.96. The molecular formula is C27H21ClN2O4S2. The van der Waals surface area contributed by atoms with E-state index < -0.39 is 10.0 Å². The second-order valence-corrected chi connectivity index (χ2v) is 11.2. The van der Waals surface area contributed by atoms with E-state index >= 15 is 0 Å². The van der Waals surface area contributed by atoms with Crippen molar-refractivity contribution >= 4 is 48.9 Å². The number of sulfonamides is 1. The van der Waals surface area contributed by atoms with Crippen LogP contribution in [0, 0.1) is 0 Å². The maximum Gasteiger partial charge on any atom is 0.308 e. The lowest BCUT2D eigenvalue weighted by molar-refractivity contribution is 0.306. The van der Waals surface area contributed by atoms with Crippen LogP contribution in [0.5, 0.6) is 5.75 Å². The van der Waals surface area contributed by atoms with Crippen molar-refractivity contribution in [3.8, 4) is 5.75 Å². The summed E-state index contributed by atoms with van der Waals surface area (Å²) in [6, 6.07) is 28.5. The second kappa shape index (κ2) is 10.2. The molecule has 0 atom stereocenters. The minimum Gasteiger partial charge on any atom is -0.489 e. The molecular weight excluding hydrogens is 516 g/mol. The number of aromatic nitrogens is 1. The van der Waals surface area contributed by atoms with Crippen molar-refractivity contribution in [2.45, 2.75) is 18.0 Å². The van der Waals surface area contributed by atoms with Crippen LogP contribution in [0.25, 0.3) is 10.2 Å². The van der Waals surface area contributed by atoms with E-state index in [1.165, 1.54) is 12.1 Å². The van der Waals surface area contributed by atoms with Crippen LogP contribution in [-0.4, -0.2) is 13.0 Å².